The highest BCUT2D eigenvalue weighted by Gasteiger charge is 2.16. The van der Waals surface area contributed by atoms with Crippen molar-refractivity contribution >= 4 is 0 Å². The van der Waals surface area contributed by atoms with Crippen LogP contribution in [0, 0.1) is 0 Å². The number of benzene rings is 1. The van der Waals surface area contributed by atoms with Gasteiger partial charge in [0.2, 0.25) is 0 Å². The smallest absolute Gasteiger partial charge is 0.0357 e. The predicted octanol–water partition coefficient (Wildman–Crippen LogP) is 4.57. The second kappa shape index (κ2) is 6.91. The topological polar surface area (TPSA) is 12.0 Å². The summed E-state index contributed by atoms with van der Waals surface area (Å²) in [6.07, 6.45) is 7.18. The van der Waals surface area contributed by atoms with Crippen LogP contribution in [-0.2, 0) is 12.8 Å². The van der Waals surface area contributed by atoms with E-state index in [1.165, 1.54) is 36.8 Å². The third-order valence-corrected chi connectivity index (χ3v) is 4.16. The monoisotopic (exact) mass is 257 g/mol. The molecule has 0 fully saturated rings. The molecule has 0 heterocycles. The molecule has 0 aromatic heterocycles. The molecule has 1 aliphatic carbocycles. The zero-order valence-corrected chi connectivity index (χ0v) is 12.5. The van der Waals surface area contributed by atoms with E-state index in [1.54, 1.807) is 11.1 Å². The zero-order chi connectivity index (χ0) is 13.7. The second-order valence-electron chi connectivity index (χ2n) is 5.70. The fraction of sp³-hybridized carbons (Fsp3) is 0.556. The minimum Gasteiger partial charge on any atom is -0.310 e. The number of hydrogen-bond acceptors (Lipinski definition) is 1. The molecular formula is C18H27N. The van der Waals surface area contributed by atoms with Crippen LogP contribution in [0.15, 0.2) is 30.4 Å². The van der Waals surface area contributed by atoms with Crippen molar-refractivity contribution in [1.29, 1.82) is 0 Å². The highest BCUT2D eigenvalue weighted by atomic mass is 14.9. The van der Waals surface area contributed by atoms with Crippen LogP contribution in [-0.4, -0.2) is 6.54 Å². The molecule has 1 aliphatic rings. The lowest BCUT2D eigenvalue weighted by Gasteiger charge is -2.21. The van der Waals surface area contributed by atoms with Crippen molar-refractivity contribution in [3.05, 3.63) is 47.0 Å². The van der Waals surface area contributed by atoms with Crippen LogP contribution in [0.1, 0.15) is 62.3 Å². The Hall–Kier alpha value is -1.08. The van der Waals surface area contributed by atoms with Crippen molar-refractivity contribution in [3.8, 4) is 0 Å². The van der Waals surface area contributed by atoms with Gasteiger partial charge in [0.1, 0.15) is 0 Å². The van der Waals surface area contributed by atoms with Gasteiger partial charge in [-0.15, -0.1) is 0 Å². The summed E-state index contributed by atoms with van der Waals surface area (Å²) < 4.78 is 0. The number of nitrogens with one attached hydrogen (secondary N) is 1. The van der Waals surface area contributed by atoms with Gasteiger partial charge >= 0.3 is 0 Å². The van der Waals surface area contributed by atoms with Gasteiger partial charge in [-0.3, -0.25) is 0 Å². The molecule has 0 spiro atoms. The van der Waals surface area contributed by atoms with Crippen molar-refractivity contribution in [2.45, 2.75) is 58.4 Å². The van der Waals surface area contributed by atoms with E-state index in [0.717, 1.165) is 19.4 Å². The van der Waals surface area contributed by atoms with Crippen molar-refractivity contribution in [3.63, 3.8) is 0 Å². The molecule has 0 amide bonds. The molecule has 1 aromatic rings. The Kier molecular flexibility index (Phi) is 5.21. The lowest BCUT2D eigenvalue weighted by molar-refractivity contribution is 0.523. The molecule has 0 aliphatic heterocycles. The first kappa shape index (κ1) is 14.3. The number of fused-ring (bicyclic) bond motifs is 1. The summed E-state index contributed by atoms with van der Waals surface area (Å²) in [6, 6.07) is 7.53. The van der Waals surface area contributed by atoms with E-state index >= 15 is 0 Å². The van der Waals surface area contributed by atoms with Gasteiger partial charge in [-0.1, -0.05) is 44.2 Å². The Morgan fingerprint density at radius 2 is 2.05 bits per heavy atom. The summed E-state index contributed by atoms with van der Waals surface area (Å²) in [5.74, 6) is 0. The molecule has 1 atom stereocenters. The summed E-state index contributed by atoms with van der Waals surface area (Å²) in [7, 11) is 0. The van der Waals surface area contributed by atoms with Crippen molar-refractivity contribution < 1.29 is 0 Å². The van der Waals surface area contributed by atoms with Crippen LogP contribution < -0.4 is 5.32 Å². The molecule has 0 saturated heterocycles. The van der Waals surface area contributed by atoms with Crippen LogP contribution in [0.2, 0.25) is 0 Å². The van der Waals surface area contributed by atoms with Gasteiger partial charge in [-0.25, -0.2) is 0 Å². The van der Waals surface area contributed by atoms with Crippen LogP contribution >= 0.6 is 0 Å². The first-order valence-corrected chi connectivity index (χ1v) is 7.76. The highest BCUT2D eigenvalue weighted by Crippen LogP contribution is 2.28. The molecule has 19 heavy (non-hydrogen) atoms. The summed E-state index contributed by atoms with van der Waals surface area (Å²) in [6.45, 7) is 9.68. The molecule has 0 bridgehead atoms. The van der Waals surface area contributed by atoms with Gasteiger partial charge in [-0.2, -0.15) is 0 Å². The molecule has 1 heteroatoms. The Morgan fingerprint density at radius 3 is 2.79 bits per heavy atom. The van der Waals surface area contributed by atoms with E-state index in [-0.39, 0.29) is 0 Å². The van der Waals surface area contributed by atoms with E-state index in [4.69, 9.17) is 0 Å². The van der Waals surface area contributed by atoms with Crippen molar-refractivity contribution in [1.82, 2.24) is 5.32 Å². The van der Waals surface area contributed by atoms with E-state index < -0.39 is 0 Å². The molecular weight excluding hydrogens is 230 g/mol. The molecule has 2 rings (SSSR count). The van der Waals surface area contributed by atoms with E-state index in [9.17, 15) is 0 Å². The number of aryl methyl sites for hydroxylation is 2. The lowest BCUT2D eigenvalue weighted by atomic mass is 9.95. The first-order chi connectivity index (χ1) is 9.24. The van der Waals surface area contributed by atoms with Gasteiger partial charge in [0, 0.05) is 6.04 Å². The molecule has 1 unspecified atom stereocenters. The van der Waals surface area contributed by atoms with Crippen molar-refractivity contribution in [2.75, 3.05) is 6.54 Å². The fourth-order valence-electron chi connectivity index (χ4n) is 2.87. The Labute approximate surface area is 118 Å². The summed E-state index contributed by atoms with van der Waals surface area (Å²) in [4.78, 5) is 0. The SMILES string of the molecule is C=C(CC)CC(NCCC)c1ccc2c(c1)CCC2. The predicted molar refractivity (Wildman–Crippen MR) is 83.5 cm³/mol. The summed E-state index contributed by atoms with van der Waals surface area (Å²) >= 11 is 0. The van der Waals surface area contributed by atoms with Crippen molar-refractivity contribution in [2.24, 2.45) is 0 Å². The van der Waals surface area contributed by atoms with E-state index in [1.807, 2.05) is 0 Å². The normalized spacial score (nSPS) is 15.3. The standard InChI is InChI=1S/C18H27N/c1-4-11-19-18(12-14(3)5-2)17-10-9-15-7-6-8-16(15)13-17/h9-10,13,18-19H,3-8,11-12H2,1-2H3. The largest absolute Gasteiger partial charge is 0.310 e. The summed E-state index contributed by atoms with van der Waals surface area (Å²) in [5, 5.41) is 3.68. The van der Waals surface area contributed by atoms with Gasteiger partial charge in [0.15, 0.2) is 0 Å². The Bertz CT molecular complexity index is 433. The van der Waals surface area contributed by atoms with Gasteiger partial charge < -0.3 is 5.32 Å². The van der Waals surface area contributed by atoms with Crippen LogP contribution in [0.25, 0.3) is 0 Å². The van der Waals surface area contributed by atoms with E-state index in [0.29, 0.717) is 6.04 Å². The second-order valence-corrected chi connectivity index (χ2v) is 5.70. The summed E-state index contributed by atoms with van der Waals surface area (Å²) in [5.41, 5.74) is 5.92. The molecule has 0 radical (unpaired) electrons. The van der Waals surface area contributed by atoms with Gasteiger partial charge in [0.25, 0.3) is 0 Å². The number of hydrogen-bond donors (Lipinski definition) is 1. The Morgan fingerprint density at radius 1 is 1.26 bits per heavy atom. The lowest BCUT2D eigenvalue weighted by Crippen LogP contribution is -2.22. The van der Waals surface area contributed by atoms with Gasteiger partial charge in [0.05, 0.1) is 0 Å². The molecule has 1 nitrogen and oxygen atoms in total. The first-order valence-electron chi connectivity index (χ1n) is 7.76. The molecule has 104 valence electrons. The average Bonchev–Trinajstić information content (AvgIpc) is 2.90. The van der Waals surface area contributed by atoms with Crippen LogP contribution in [0.3, 0.4) is 0 Å². The highest BCUT2D eigenvalue weighted by molar-refractivity contribution is 5.37. The van der Waals surface area contributed by atoms with Crippen LogP contribution in [0.4, 0.5) is 0 Å². The third kappa shape index (κ3) is 3.70. The van der Waals surface area contributed by atoms with Gasteiger partial charge in [-0.05, 0) is 61.8 Å². The minimum absolute atomic E-state index is 0.443. The maximum atomic E-state index is 4.18. The molecule has 1 aromatic carbocycles. The maximum absolute atomic E-state index is 4.18. The van der Waals surface area contributed by atoms with Crippen LogP contribution in [0.5, 0.6) is 0 Å². The maximum Gasteiger partial charge on any atom is 0.0357 e. The number of rotatable bonds is 7. The minimum atomic E-state index is 0.443. The fourth-order valence-corrected chi connectivity index (χ4v) is 2.87. The third-order valence-electron chi connectivity index (χ3n) is 4.16. The molecule has 0 saturated carbocycles. The molecule has 1 N–H and O–H groups in total. The average molecular weight is 257 g/mol. The quantitative estimate of drug-likeness (QED) is 0.705. The Balaban J connectivity index is 2.14. The zero-order valence-electron chi connectivity index (χ0n) is 12.5. The van der Waals surface area contributed by atoms with E-state index in [2.05, 4.69) is 43.9 Å².